The molecule has 28 heavy (non-hydrogen) atoms. The van der Waals surface area contributed by atoms with Crippen LogP contribution in [0.3, 0.4) is 0 Å². The van der Waals surface area contributed by atoms with Gasteiger partial charge in [0.1, 0.15) is 24.9 Å². The topological polar surface area (TPSA) is 67.2 Å². The summed E-state index contributed by atoms with van der Waals surface area (Å²) in [6, 6.07) is 19.9. The molecule has 2 aromatic carbocycles. The summed E-state index contributed by atoms with van der Waals surface area (Å²) in [5.41, 5.74) is 2.26. The van der Waals surface area contributed by atoms with E-state index < -0.39 is 6.17 Å². The van der Waals surface area contributed by atoms with Crippen LogP contribution in [0.25, 0.3) is 11.0 Å². The van der Waals surface area contributed by atoms with Gasteiger partial charge in [0.05, 0.1) is 0 Å². The minimum absolute atomic E-state index is 0.258. The smallest absolute Gasteiger partial charge is 0.271 e. The third-order valence-corrected chi connectivity index (χ3v) is 4.43. The van der Waals surface area contributed by atoms with Crippen LogP contribution in [0.4, 0.5) is 5.69 Å². The second-order valence-corrected chi connectivity index (χ2v) is 6.66. The predicted molar refractivity (Wildman–Crippen MR) is 111 cm³/mol. The predicted octanol–water partition coefficient (Wildman–Crippen LogP) is 3.82. The molecule has 4 rings (SSSR count). The van der Waals surface area contributed by atoms with Crippen LogP contribution in [0.2, 0.25) is 5.02 Å². The van der Waals surface area contributed by atoms with E-state index in [1.165, 1.54) is 6.20 Å². The first-order chi connectivity index (χ1) is 13.6. The molecule has 7 heteroatoms. The number of furan rings is 1. The van der Waals surface area contributed by atoms with Crippen molar-refractivity contribution in [2.75, 3.05) is 5.32 Å². The molecule has 0 fully saturated rings. The molecule has 2 radical (unpaired) electrons. The molecule has 0 aliphatic rings. The van der Waals surface area contributed by atoms with E-state index >= 15 is 0 Å². The summed E-state index contributed by atoms with van der Waals surface area (Å²) in [5.74, 6) is 0.215. The molecule has 0 aliphatic carbocycles. The summed E-state index contributed by atoms with van der Waals surface area (Å²) < 4.78 is 5.94. The van der Waals surface area contributed by atoms with Crippen LogP contribution in [-0.2, 0) is 0 Å². The highest BCUT2D eigenvalue weighted by Gasteiger charge is 2.20. The van der Waals surface area contributed by atoms with Gasteiger partial charge < -0.3 is 15.1 Å². The molecule has 136 valence electrons. The molecule has 1 amide bonds. The van der Waals surface area contributed by atoms with Crippen molar-refractivity contribution >= 4 is 47.5 Å². The van der Waals surface area contributed by atoms with Gasteiger partial charge in [0.2, 0.25) is 0 Å². The first-order valence-corrected chi connectivity index (χ1v) is 8.99. The van der Waals surface area contributed by atoms with Crippen LogP contribution in [0, 0.1) is 0 Å². The van der Waals surface area contributed by atoms with Crippen LogP contribution in [0.5, 0.6) is 0 Å². The highest BCUT2D eigenvalue weighted by atomic mass is 35.5. The lowest BCUT2D eigenvalue weighted by molar-refractivity contribution is 0.0932. The number of benzene rings is 2. The number of fused-ring (bicyclic) bond motifs is 1. The van der Waals surface area contributed by atoms with Crippen LogP contribution in [0.1, 0.15) is 22.4 Å². The zero-order chi connectivity index (χ0) is 19.5. The SMILES string of the molecule is [B]c1ccc(C(=O)NC(Nc2ccc(Cl)cc2)c2cc3ccccc3o2)nc1. The largest absolute Gasteiger partial charge is 0.457 e. The second-order valence-electron chi connectivity index (χ2n) is 6.22. The Hall–Kier alpha value is -3.25. The molecule has 0 aliphatic heterocycles. The van der Waals surface area contributed by atoms with Crippen LogP contribution < -0.4 is 16.1 Å². The number of carbonyl (C=O) groups is 1. The van der Waals surface area contributed by atoms with Gasteiger partial charge in [-0.05, 0) is 42.5 Å². The Kier molecular flexibility index (Phi) is 5.04. The quantitative estimate of drug-likeness (QED) is 0.403. The van der Waals surface area contributed by atoms with Crippen molar-refractivity contribution in [3.8, 4) is 0 Å². The molecule has 2 heterocycles. The number of halogens is 1. The number of hydrogen-bond donors (Lipinski definition) is 2. The minimum atomic E-state index is -0.611. The Labute approximate surface area is 168 Å². The number of rotatable bonds is 5. The van der Waals surface area contributed by atoms with Gasteiger partial charge in [-0.3, -0.25) is 9.78 Å². The number of nitrogens with one attached hydrogen (secondary N) is 2. The highest BCUT2D eigenvalue weighted by Crippen LogP contribution is 2.26. The van der Waals surface area contributed by atoms with Gasteiger partial charge >= 0.3 is 0 Å². The molecule has 5 nitrogen and oxygen atoms in total. The molecule has 1 atom stereocenters. The maximum Gasteiger partial charge on any atom is 0.271 e. The van der Waals surface area contributed by atoms with Crippen molar-refractivity contribution in [2.45, 2.75) is 6.17 Å². The monoisotopic (exact) mass is 387 g/mol. The van der Waals surface area contributed by atoms with E-state index in [0.717, 1.165) is 16.7 Å². The molecule has 4 aromatic rings. The third kappa shape index (κ3) is 4.02. The third-order valence-electron chi connectivity index (χ3n) is 4.18. The summed E-state index contributed by atoms with van der Waals surface area (Å²) in [5, 5.41) is 7.74. The molecule has 2 aromatic heterocycles. The van der Waals surface area contributed by atoms with Gasteiger partial charge in [-0.25, -0.2) is 0 Å². The Bertz CT molecular complexity index is 1080. The Balaban J connectivity index is 1.64. The lowest BCUT2D eigenvalue weighted by Crippen LogP contribution is -2.34. The molecule has 0 spiro atoms. The summed E-state index contributed by atoms with van der Waals surface area (Å²) in [6.07, 6.45) is 0.831. The molecule has 0 bridgehead atoms. The Morgan fingerprint density at radius 3 is 2.57 bits per heavy atom. The lowest BCUT2D eigenvalue weighted by Gasteiger charge is -2.19. The van der Waals surface area contributed by atoms with Gasteiger partial charge in [-0.1, -0.05) is 41.3 Å². The van der Waals surface area contributed by atoms with Gasteiger partial charge in [0.15, 0.2) is 6.17 Å². The fraction of sp³-hybridized carbons (Fsp3) is 0.0476. The van der Waals surface area contributed by atoms with E-state index in [-0.39, 0.29) is 11.6 Å². The minimum Gasteiger partial charge on any atom is -0.457 e. The number of pyridine rings is 1. The normalized spacial score (nSPS) is 11.9. The number of nitrogens with zero attached hydrogens (tertiary/aromatic N) is 1. The molecular weight excluding hydrogens is 373 g/mol. The maximum atomic E-state index is 12.7. The van der Waals surface area contributed by atoms with Crippen molar-refractivity contribution in [3.05, 3.63) is 89.4 Å². The lowest BCUT2D eigenvalue weighted by atomic mass is 9.99. The van der Waals surface area contributed by atoms with Gasteiger partial charge in [-0.15, -0.1) is 0 Å². The van der Waals surface area contributed by atoms with Crippen LogP contribution >= 0.6 is 11.6 Å². The van der Waals surface area contributed by atoms with Gasteiger partial charge in [-0.2, -0.15) is 0 Å². The van der Waals surface area contributed by atoms with Crippen molar-refractivity contribution in [2.24, 2.45) is 0 Å². The number of hydrogen-bond acceptors (Lipinski definition) is 4. The van der Waals surface area contributed by atoms with E-state index in [0.29, 0.717) is 16.2 Å². The first kappa shape index (κ1) is 18.1. The Morgan fingerprint density at radius 2 is 1.86 bits per heavy atom. The molecule has 0 saturated carbocycles. The number of para-hydroxylation sites is 1. The molecular formula is C21H15BClN3O2. The average Bonchev–Trinajstić information content (AvgIpc) is 3.14. The van der Waals surface area contributed by atoms with E-state index in [1.807, 2.05) is 42.5 Å². The maximum absolute atomic E-state index is 12.7. The van der Waals surface area contributed by atoms with Crippen LogP contribution in [0.15, 0.2) is 77.3 Å². The highest BCUT2D eigenvalue weighted by molar-refractivity contribution is 6.32. The Morgan fingerprint density at radius 1 is 1.07 bits per heavy atom. The summed E-state index contributed by atoms with van der Waals surface area (Å²) in [4.78, 5) is 16.8. The van der Waals surface area contributed by atoms with Crippen molar-refractivity contribution < 1.29 is 9.21 Å². The van der Waals surface area contributed by atoms with E-state index in [9.17, 15) is 4.79 Å². The number of aromatic nitrogens is 1. The van der Waals surface area contributed by atoms with E-state index in [1.54, 1.807) is 24.3 Å². The molecule has 0 saturated heterocycles. The van der Waals surface area contributed by atoms with Crippen molar-refractivity contribution in [3.63, 3.8) is 0 Å². The van der Waals surface area contributed by atoms with Crippen molar-refractivity contribution in [1.29, 1.82) is 0 Å². The zero-order valence-corrected chi connectivity index (χ0v) is 15.5. The van der Waals surface area contributed by atoms with Crippen LogP contribution in [-0.4, -0.2) is 18.7 Å². The fourth-order valence-electron chi connectivity index (χ4n) is 2.78. The molecule has 1 unspecified atom stereocenters. The summed E-state index contributed by atoms with van der Waals surface area (Å²) >= 11 is 5.96. The summed E-state index contributed by atoms with van der Waals surface area (Å²) in [7, 11) is 5.64. The van der Waals surface area contributed by atoms with Gasteiger partial charge in [0, 0.05) is 22.3 Å². The summed E-state index contributed by atoms with van der Waals surface area (Å²) in [6.45, 7) is 0. The average molecular weight is 388 g/mol. The second kappa shape index (κ2) is 7.78. The fourth-order valence-corrected chi connectivity index (χ4v) is 2.91. The van der Waals surface area contributed by atoms with E-state index in [2.05, 4.69) is 15.6 Å². The number of amides is 1. The molecule has 2 N–H and O–H groups in total. The standard InChI is InChI=1S/C21H15BClN3O2/c22-14-5-10-17(24-12-14)21(27)26-20(25-16-8-6-15(23)7-9-16)19-11-13-3-1-2-4-18(13)28-19/h1-12,20,25H,(H,26,27). The van der Waals surface area contributed by atoms with E-state index in [4.69, 9.17) is 23.9 Å². The first-order valence-electron chi connectivity index (χ1n) is 8.61. The number of carbonyl (C=O) groups excluding carboxylic acids is 1. The van der Waals surface area contributed by atoms with Crippen molar-refractivity contribution in [1.82, 2.24) is 10.3 Å². The van der Waals surface area contributed by atoms with Gasteiger partial charge in [0.25, 0.3) is 5.91 Å². The zero-order valence-electron chi connectivity index (χ0n) is 14.7. The number of anilines is 1.